The molecule has 0 fully saturated rings. The summed E-state index contributed by atoms with van der Waals surface area (Å²) in [6.07, 6.45) is 1.69. The van der Waals surface area contributed by atoms with E-state index in [1.807, 2.05) is 36.4 Å². The maximum atomic E-state index is 12.6. The number of carbonyl (C=O) groups excluding carboxylic acids is 1. The molecular formula is C24H22N2O4. The third-order valence-electron chi connectivity index (χ3n) is 5.29. The molecule has 0 aromatic heterocycles. The minimum absolute atomic E-state index is 0.226. The Bertz CT molecular complexity index is 1090. The lowest BCUT2D eigenvalue weighted by Gasteiger charge is -2.23. The number of hydrogen-bond acceptors (Lipinski definition) is 3. The third-order valence-corrected chi connectivity index (χ3v) is 5.29. The van der Waals surface area contributed by atoms with Crippen molar-refractivity contribution in [3.05, 3.63) is 83.4 Å². The second-order valence-corrected chi connectivity index (χ2v) is 7.38. The van der Waals surface area contributed by atoms with E-state index in [9.17, 15) is 14.7 Å². The highest BCUT2D eigenvalue weighted by Crippen LogP contribution is 2.28. The van der Waals surface area contributed by atoms with Crippen LogP contribution in [-0.2, 0) is 12.8 Å². The average molecular weight is 402 g/mol. The molecule has 1 aliphatic rings. The lowest BCUT2D eigenvalue weighted by atomic mass is 9.88. The van der Waals surface area contributed by atoms with Gasteiger partial charge in [-0.25, -0.2) is 9.59 Å². The predicted octanol–water partition coefficient (Wildman–Crippen LogP) is 4.55. The van der Waals surface area contributed by atoms with E-state index in [1.54, 1.807) is 30.3 Å². The van der Waals surface area contributed by atoms with Gasteiger partial charge in [0.25, 0.3) is 0 Å². The number of aliphatic hydroxyl groups excluding tert-OH is 1. The van der Waals surface area contributed by atoms with Crippen LogP contribution in [0.3, 0.4) is 0 Å². The molecule has 3 aromatic carbocycles. The lowest BCUT2D eigenvalue weighted by Crippen LogP contribution is -2.24. The molecule has 0 radical (unpaired) electrons. The Hall–Kier alpha value is -3.64. The van der Waals surface area contributed by atoms with E-state index in [0.717, 1.165) is 35.1 Å². The van der Waals surface area contributed by atoms with Crippen LogP contribution in [0, 0.1) is 0 Å². The Balaban J connectivity index is 1.48. The van der Waals surface area contributed by atoms with Crippen LogP contribution in [0.1, 0.15) is 27.9 Å². The van der Waals surface area contributed by atoms with Crippen LogP contribution in [0.4, 0.5) is 16.2 Å². The van der Waals surface area contributed by atoms with E-state index >= 15 is 0 Å². The number of hydrogen-bond donors (Lipinski definition) is 4. The fourth-order valence-electron chi connectivity index (χ4n) is 3.75. The van der Waals surface area contributed by atoms with Gasteiger partial charge in [-0.15, -0.1) is 0 Å². The number of rotatable bonds is 4. The van der Waals surface area contributed by atoms with Crippen molar-refractivity contribution in [3.8, 4) is 11.1 Å². The molecule has 4 N–H and O–H groups in total. The van der Waals surface area contributed by atoms with Gasteiger partial charge in [0, 0.05) is 17.8 Å². The molecule has 4 rings (SSSR count). The number of fused-ring (bicyclic) bond motifs is 1. The highest BCUT2D eigenvalue weighted by atomic mass is 16.4. The van der Waals surface area contributed by atoms with Crippen LogP contribution >= 0.6 is 0 Å². The zero-order valence-electron chi connectivity index (χ0n) is 16.3. The minimum Gasteiger partial charge on any atom is -0.478 e. The van der Waals surface area contributed by atoms with E-state index in [4.69, 9.17) is 5.11 Å². The van der Waals surface area contributed by atoms with Crippen molar-refractivity contribution >= 4 is 23.4 Å². The monoisotopic (exact) mass is 402 g/mol. The zero-order valence-corrected chi connectivity index (χ0v) is 16.3. The second-order valence-electron chi connectivity index (χ2n) is 7.38. The van der Waals surface area contributed by atoms with Gasteiger partial charge < -0.3 is 20.8 Å². The predicted molar refractivity (Wildman–Crippen MR) is 116 cm³/mol. The Morgan fingerprint density at radius 1 is 0.900 bits per heavy atom. The summed E-state index contributed by atoms with van der Waals surface area (Å²) in [5, 5.41) is 24.7. The second kappa shape index (κ2) is 8.39. The molecule has 0 aliphatic heterocycles. The van der Waals surface area contributed by atoms with Gasteiger partial charge in [0.1, 0.15) is 0 Å². The van der Waals surface area contributed by atoms with E-state index in [2.05, 4.69) is 10.6 Å². The van der Waals surface area contributed by atoms with Crippen LogP contribution in [0.15, 0.2) is 66.7 Å². The summed E-state index contributed by atoms with van der Waals surface area (Å²) >= 11 is 0. The third kappa shape index (κ3) is 4.34. The van der Waals surface area contributed by atoms with Gasteiger partial charge in [0.05, 0.1) is 11.7 Å². The molecule has 6 heteroatoms. The first-order valence-electron chi connectivity index (χ1n) is 9.80. The van der Waals surface area contributed by atoms with Crippen molar-refractivity contribution in [2.75, 3.05) is 10.6 Å². The van der Waals surface area contributed by atoms with Gasteiger partial charge in [-0.2, -0.15) is 0 Å². The number of carboxylic acid groups (broad SMARTS) is 1. The molecule has 0 heterocycles. The number of aromatic carboxylic acids is 1. The summed E-state index contributed by atoms with van der Waals surface area (Å²) in [5.74, 6) is -0.968. The van der Waals surface area contributed by atoms with Crippen LogP contribution in [0.25, 0.3) is 11.1 Å². The maximum absolute atomic E-state index is 12.6. The molecule has 0 saturated heterocycles. The number of amides is 2. The molecule has 1 unspecified atom stereocenters. The molecule has 6 nitrogen and oxygen atoms in total. The largest absolute Gasteiger partial charge is 0.478 e. The molecule has 0 saturated carbocycles. The minimum atomic E-state index is -0.968. The summed E-state index contributed by atoms with van der Waals surface area (Å²) in [6.45, 7) is 0. The molecule has 30 heavy (non-hydrogen) atoms. The van der Waals surface area contributed by atoms with Crippen molar-refractivity contribution in [2.24, 2.45) is 0 Å². The smallest absolute Gasteiger partial charge is 0.335 e. The van der Waals surface area contributed by atoms with Crippen molar-refractivity contribution in [1.29, 1.82) is 0 Å². The van der Waals surface area contributed by atoms with Crippen LogP contribution in [0.2, 0.25) is 0 Å². The number of anilines is 2. The summed E-state index contributed by atoms with van der Waals surface area (Å²) in [7, 11) is 0. The topological polar surface area (TPSA) is 98.7 Å². The number of aliphatic hydroxyl groups is 1. The van der Waals surface area contributed by atoms with Gasteiger partial charge in [-0.1, -0.05) is 36.4 Å². The highest BCUT2D eigenvalue weighted by molar-refractivity contribution is 6.00. The van der Waals surface area contributed by atoms with E-state index < -0.39 is 5.97 Å². The SMILES string of the molecule is O=C(Nc1cccc(-c2ccc(C(=O)O)cc2)c1)Nc1cccc2c1CC(O)CC2. The highest BCUT2D eigenvalue weighted by Gasteiger charge is 2.20. The zero-order chi connectivity index (χ0) is 21.1. The molecule has 0 bridgehead atoms. The van der Waals surface area contributed by atoms with Gasteiger partial charge in [-0.05, 0) is 65.4 Å². The number of benzene rings is 3. The van der Waals surface area contributed by atoms with Crippen molar-refractivity contribution < 1.29 is 19.8 Å². The number of aryl methyl sites for hydroxylation is 1. The Kier molecular flexibility index (Phi) is 5.50. The molecule has 1 atom stereocenters. The number of carbonyl (C=O) groups is 2. The Morgan fingerprint density at radius 3 is 2.43 bits per heavy atom. The number of nitrogens with one attached hydrogen (secondary N) is 2. The molecular weight excluding hydrogens is 380 g/mol. The van der Waals surface area contributed by atoms with E-state index in [-0.39, 0.29) is 17.7 Å². The number of urea groups is 1. The van der Waals surface area contributed by atoms with Crippen LogP contribution < -0.4 is 10.6 Å². The number of carboxylic acids is 1. The van der Waals surface area contributed by atoms with Crippen LogP contribution in [-0.4, -0.2) is 28.3 Å². The van der Waals surface area contributed by atoms with Crippen LogP contribution in [0.5, 0.6) is 0 Å². The Labute approximate surface area is 174 Å². The summed E-state index contributed by atoms with van der Waals surface area (Å²) < 4.78 is 0. The fourth-order valence-corrected chi connectivity index (χ4v) is 3.75. The normalized spacial score (nSPS) is 15.2. The van der Waals surface area contributed by atoms with Gasteiger partial charge in [0.2, 0.25) is 0 Å². The molecule has 0 spiro atoms. The average Bonchev–Trinajstić information content (AvgIpc) is 2.74. The molecule has 1 aliphatic carbocycles. The summed E-state index contributed by atoms with van der Waals surface area (Å²) in [6, 6.07) is 19.4. The van der Waals surface area contributed by atoms with E-state index in [1.165, 1.54) is 0 Å². The van der Waals surface area contributed by atoms with Gasteiger partial charge in [0.15, 0.2) is 0 Å². The Morgan fingerprint density at radius 2 is 1.67 bits per heavy atom. The van der Waals surface area contributed by atoms with Gasteiger partial charge in [-0.3, -0.25) is 0 Å². The standard InChI is InChI=1S/C24H22N2O4/c27-20-12-11-16-3-2-6-22(21(16)14-20)26-24(30)25-19-5-1-4-18(13-19)15-7-9-17(10-8-15)23(28)29/h1-10,13,20,27H,11-12,14H2,(H,28,29)(H2,25,26,30). The molecule has 3 aromatic rings. The van der Waals surface area contributed by atoms with Crippen molar-refractivity contribution in [1.82, 2.24) is 0 Å². The molecule has 2 amide bonds. The lowest BCUT2D eigenvalue weighted by molar-refractivity contribution is 0.0697. The quantitative estimate of drug-likeness (QED) is 0.515. The first-order valence-corrected chi connectivity index (χ1v) is 9.80. The van der Waals surface area contributed by atoms with Crippen molar-refractivity contribution in [3.63, 3.8) is 0 Å². The maximum Gasteiger partial charge on any atom is 0.335 e. The fraction of sp³-hybridized carbons (Fsp3) is 0.167. The summed E-state index contributed by atoms with van der Waals surface area (Å²) in [5.41, 5.74) is 5.42. The summed E-state index contributed by atoms with van der Waals surface area (Å²) in [4.78, 5) is 23.6. The first kappa shape index (κ1) is 19.7. The molecule has 152 valence electrons. The van der Waals surface area contributed by atoms with Crippen molar-refractivity contribution in [2.45, 2.75) is 25.4 Å². The van der Waals surface area contributed by atoms with Gasteiger partial charge >= 0.3 is 12.0 Å². The first-order chi connectivity index (χ1) is 14.5. The van der Waals surface area contributed by atoms with E-state index in [0.29, 0.717) is 17.8 Å².